The molecule has 0 amide bonds. The molecule has 0 aliphatic carbocycles. The van der Waals surface area contributed by atoms with Gasteiger partial charge in [0.1, 0.15) is 24.7 Å². The zero-order valence-electron chi connectivity index (χ0n) is 18.6. The molecule has 0 radical (unpaired) electrons. The second-order valence-electron chi connectivity index (χ2n) is 8.56. The van der Waals surface area contributed by atoms with E-state index in [0.717, 1.165) is 49.7 Å². The minimum absolute atomic E-state index is 0.205. The molecule has 0 saturated heterocycles. The molecule has 3 heterocycles. The van der Waals surface area contributed by atoms with Crippen LogP contribution in [-0.4, -0.2) is 35.7 Å². The van der Waals surface area contributed by atoms with Crippen molar-refractivity contribution in [3.63, 3.8) is 0 Å². The number of pyridine rings is 1. The SMILES string of the molecule is C[C@H]1Cc2c(COc3ccccc3)nc3c(c2CO1)CN(CCOc1ccccc1)CC3. The van der Waals surface area contributed by atoms with Gasteiger partial charge in [0, 0.05) is 38.2 Å². The van der Waals surface area contributed by atoms with Gasteiger partial charge in [-0.1, -0.05) is 36.4 Å². The number of hydrogen-bond acceptors (Lipinski definition) is 5. The summed E-state index contributed by atoms with van der Waals surface area (Å²) in [6.07, 6.45) is 2.04. The zero-order valence-corrected chi connectivity index (χ0v) is 18.6. The summed E-state index contributed by atoms with van der Waals surface area (Å²) in [7, 11) is 0. The van der Waals surface area contributed by atoms with E-state index in [0.29, 0.717) is 19.8 Å². The molecule has 32 heavy (non-hydrogen) atoms. The molecule has 0 unspecified atom stereocenters. The summed E-state index contributed by atoms with van der Waals surface area (Å²) in [5.74, 6) is 1.81. The number of para-hydroxylation sites is 2. The second-order valence-corrected chi connectivity index (χ2v) is 8.56. The van der Waals surface area contributed by atoms with Crippen LogP contribution in [0, 0.1) is 0 Å². The summed E-state index contributed by atoms with van der Waals surface area (Å²) in [4.78, 5) is 7.56. The molecule has 2 aliphatic heterocycles. The van der Waals surface area contributed by atoms with E-state index in [-0.39, 0.29) is 6.10 Å². The lowest BCUT2D eigenvalue weighted by Gasteiger charge is -2.34. The van der Waals surface area contributed by atoms with Crippen LogP contribution in [0.5, 0.6) is 11.5 Å². The van der Waals surface area contributed by atoms with Gasteiger partial charge in [-0.2, -0.15) is 0 Å². The number of hydrogen-bond donors (Lipinski definition) is 0. The predicted octanol–water partition coefficient (Wildman–Crippen LogP) is 4.56. The van der Waals surface area contributed by atoms with Gasteiger partial charge in [0.05, 0.1) is 18.4 Å². The lowest BCUT2D eigenvalue weighted by Crippen LogP contribution is -2.36. The van der Waals surface area contributed by atoms with Gasteiger partial charge in [-0.05, 0) is 47.9 Å². The highest BCUT2D eigenvalue weighted by atomic mass is 16.5. The third-order valence-corrected chi connectivity index (χ3v) is 6.28. The summed E-state index contributed by atoms with van der Waals surface area (Å²) < 4.78 is 18.0. The lowest BCUT2D eigenvalue weighted by atomic mass is 9.90. The van der Waals surface area contributed by atoms with Crippen LogP contribution >= 0.6 is 0 Å². The van der Waals surface area contributed by atoms with E-state index in [1.54, 1.807) is 0 Å². The van der Waals surface area contributed by atoms with Gasteiger partial charge in [0.15, 0.2) is 0 Å². The topological polar surface area (TPSA) is 43.8 Å². The quantitative estimate of drug-likeness (QED) is 0.550. The van der Waals surface area contributed by atoms with Crippen LogP contribution in [0.1, 0.15) is 35.0 Å². The molecule has 5 rings (SSSR count). The van der Waals surface area contributed by atoms with Crippen LogP contribution in [0.3, 0.4) is 0 Å². The van der Waals surface area contributed by atoms with Crippen molar-refractivity contribution in [2.75, 3.05) is 19.7 Å². The first-order chi connectivity index (χ1) is 15.8. The maximum absolute atomic E-state index is 6.07. The predicted molar refractivity (Wildman–Crippen MR) is 124 cm³/mol. The first kappa shape index (κ1) is 21.0. The molecule has 2 aliphatic rings. The standard InChI is InChI=1S/C27H30N2O3/c1-20-16-23-25(18-31-20)24-17-29(14-15-30-21-8-4-2-5-9-21)13-12-26(24)28-27(23)19-32-22-10-6-3-7-11-22/h2-11,20H,12-19H2,1H3/t20-/m0/s1. The average molecular weight is 431 g/mol. The minimum atomic E-state index is 0.205. The van der Waals surface area contributed by atoms with E-state index in [2.05, 4.69) is 11.8 Å². The first-order valence-electron chi connectivity index (χ1n) is 11.5. The third-order valence-electron chi connectivity index (χ3n) is 6.28. The van der Waals surface area contributed by atoms with Crippen molar-refractivity contribution in [2.45, 2.75) is 45.6 Å². The highest BCUT2D eigenvalue weighted by Crippen LogP contribution is 2.32. The Balaban J connectivity index is 1.31. The molecule has 0 N–H and O–H groups in total. The molecule has 1 aromatic heterocycles. The van der Waals surface area contributed by atoms with Crippen LogP contribution in [-0.2, 0) is 37.3 Å². The van der Waals surface area contributed by atoms with E-state index >= 15 is 0 Å². The highest BCUT2D eigenvalue weighted by molar-refractivity contribution is 5.43. The smallest absolute Gasteiger partial charge is 0.130 e. The van der Waals surface area contributed by atoms with Crippen molar-refractivity contribution >= 4 is 0 Å². The van der Waals surface area contributed by atoms with E-state index < -0.39 is 0 Å². The van der Waals surface area contributed by atoms with E-state index in [1.165, 1.54) is 22.4 Å². The van der Waals surface area contributed by atoms with Gasteiger partial charge < -0.3 is 14.2 Å². The number of ether oxygens (including phenoxy) is 3. The van der Waals surface area contributed by atoms with Crippen molar-refractivity contribution in [1.29, 1.82) is 0 Å². The van der Waals surface area contributed by atoms with Crippen molar-refractivity contribution in [3.05, 3.63) is 88.7 Å². The van der Waals surface area contributed by atoms with Gasteiger partial charge in [-0.25, -0.2) is 0 Å². The summed E-state index contributed by atoms with van der Waals surface area (Å²) >= 11 is 0. The summed E-state index contributed by atoms with van der Waals surface area (Å²) in [6.45, 7) is 6.78. The zero-order chi connectivity index (χ0) is 21.8. The third kappa shape index (κ3) is 4.79. The Morgan fingerprint density at radius 2 is 1.66 bits per heavy atom. The summed E-state index contributed by atoms with van der Waals surface area (Å²) in [6, 6.07) is 20.0. The Hall–Kier alpha value is -2.89. The monoisotopic (exact) mass is 430 g/mol. The minimum Gasteiger partial charge on any atom is -0.492 e. The molecule has 5 heteroatoms. The number of benzene rings is 2. The lowest BCUT2D eigenvalue weighted by molar-refractivity contribution is 0.0387. The fourth-order valence-corrected chi connectivity index (χ4v) is 4.56. The molecule has 0 saturated carbocycles. The van der Waals surface area contributed by atoms with Gasteiger partial charge in [-0.3, -0.25) is 9.88 Å². The van der Waals surface area contributed by atoms with Crippen LogP contribution in [0.15, 0.2) is 60.7 Å². The largest absolute Gasteiger partial charge is 0.492 e. The fourth-order valence-electron chi connectivity index (χ4n) is 4.56. The molecular formula is C27H30N2O3. The van der Waals surface area contributed by atoms with Crippen molar-refractivity contribution in [2.24, 2.45) is 0 Å². The van der Waals surface area contributed by atoms with E-state index in [4.69, 9.17) is 19.2 Å². The molecular weight excluding hydrogens is 400 g/mol. The highest BCUT2D eigenvalue weighted by Gasteiger charge is 2.28. The van der Waals surface area contributed by atoms with Gasteiger partial charge in [0.2, 0.25) is 0 Å². The van der Waals surface area contributed by atoms with Crippen molar-refractivity contribution < 1.29 is 14.2 Å². The van der Waals surface area contributed by atoms with Gasteiger partial charge in [0.25, 0.3) is 0 Å². The molecule has 5 nitrogen and oxygen atoms in total. The molecule has 0 spiro atoms. The molecule has 0 bridgehead atoms. The van der Waals surface area contributed by atoms with E-state index in [9.17, 15) is 0 Å². The molecule has 3 aromatic rings. The van der Waals surface area contributed by atoms with Crippen LogP contribution in [0.2, 0.25) is 0 Å². The van der Waals surface area contributed by atoms with Crippen molar-refractivity contribution in [1.82, 2.24) is 9.88 Å². The average Bonchev–Trinajstić information content (AvgIpc) is 2.84. The number of rotatable bonds is 7. The Morgan fingerprint density at radius 3 is 2.41 bits per heavy atom. The van der Waals surface area contributed by atoms with Gasteiger partial charge >= 0.3 is 0 Å². The first-order valence-corrected chi connectivity index (χ1v) is 11.5. The number of nitrogens with zero attached hydrogens (tertiary/aromatic N) is 2. The fraction of sp³-hybridized carbons (Fsp3) is 0.370. The summed E-state index contributed by atoms with van der Waals surface area (Å²) in [5, 5.41) is 0. The Bertz CT molecular complexity index is 1040. The van der Waals surface area contributed by atoms with Gasteiger partial charge in [-0.15, -0.1) is 0 Å². The number of fused-ring (bicyclic) bond motifs is 3. The normalized spacial score (nSPS) is 18.0. The van der Waals surface area contributed by atoms with Crippen LogP contribution in [0.25, 0.3) is 0 Å². The Labute approximate surface area is 190 Å². The Morgan fingerprint density at radius 1 is 0.938 bits per heavy atom. The van der Waals surface area contributed by atoms with E-state index in [1.807, 2.05) is 60.7 Å². The molecule has 2 aromatic carbocycles. The maximum Gasteiger partial charge on any atom is 0.130 e. The van der Waals surface area contributed by atoms with Crippen LogP contribution < -0.4 is 9.47 Å². The number of aromatic nitrogens is 1. The van der Waals surface area contributed by atoms with Crippen LogP contribution in [0.4, 0.5) is 0 Å². The van der Waals surface area contributed by atoms with Crippen molar-refractivity contribution in [3.8, 4) is 11.5 Å². The maximum atomic E-state index is 6.07. The second kappa shape index (κ2) is 9.72. The summed E-state index contributed by atoms with van der Waals surface area (Å²) in [5.41, 5.74) is 6.27. The Kier molecular flexibility index (Phi) is 6.37. The molecule has 1 atom stereocenters. The molecule has 166 valence electrons. The molecule has 0 fully saturated rings.